The van der Waals surface area contributed by atoms with Crippen LogP contribution >= 0.6 is 28.1 Å². The number of rotatable bonds is 4. The van der Waals surface area contributed by atoms with Crippen LogP contribution in [0.1, 0.15) is 40.3 Å². The molecule has 4 heterocycles. The van der Waals surface area contributed by atoms with Crippen molar-refractivity contribution in [2.75, 3.05) is 4.90 Å². The van der Waals surface area contributed by atoms with E-state index < -0.39 is 0 Å². The van der Waals surface area contributed by atoms with E-state index in [9.17, 15) is 0 Å². The van der Waals surface area contributed by atoms with E-state index in [0.717, 1.165) is 33.1 Å². The highest BCUT2D eigenvalue weighted by molar-refractivity contribution is 9.10. The maximum atomic E-state index is 5.86. The van der Waals surface area contributed by atoms with E-state index in [0.29, 0.717) is 5.11 Å². The maximum absolute atomic E-state index is 5.86. The molecule has 0 bridgehead atoms. The van der Waals surface area contributed by atoms with Gasteiger partial charge in [-0.2, -0.15) is 0 Å². The molecule has 1 fully saturated rings. The van der Waals surface area contributed by atoms with Gasteiger partial charge in [-0.25, -0.2) is 4.98 Å². The number of aromatic nitrogens is 3. The van der Waals surface area contributed by atoms with Crippen LogP contribution in [0.25, 0.3) is 5.82 Å². The third-order valence-corrected chi connectivity index (χ3v) is 6.97. The molecular weight excluding hydrogens is 494 g/mol. The zero-order valence-corrected chi connectivity index (χ0v) is 21.1. The first-order valence-electron chi connectivity index (χ1n) is 10.8. The average molecular weight is 518 g/mol. The van der Waals surface area contributed by atoms with E-state index >= 15 is 0 Å². The SMILES string of the molecule is Cc1ccnc(-n2c(C)cc([C@@H]3[C@H](c4ccccn4)NC(=S)N3c3ccc(Br)cc3)c2C)c1. The lowest BCUT2D eigenvalue weighted by Crippen LogP contribution is -2.29. The minimum absolute atomic E-state index is 0.0571. The topological polar surface area (TPSA) is 46.0 Å². The number of aryl methyl sites for hydroxylation is 2. The zero-order valence-electron chi connectivity index (χ0n) is 18.7. The maximum Gasteiger partial charge on any atom is 0.174 e. The van der Waals surface area contributed by atoms with Crippen LogP contribution in [-0.2, 0) is 0 Å². The Kier molecular flexibility index (Phi) is 5.76. The molecule has 1 aliphatic rings. The molecule has 1 aliphatic heterocycles. The highest BCUT2D eigenvalue weighted by Gasteiger charge is 2.42. The third kappa shape index (κ3) is 3.96. The van der Waals surface area contributed by atoms with Crippen LogP contribution < -0.4 is 10.2 Å². The predicted molar refractivity (Wildman–Crippen MR) is 140 cm³/mol. The van der Waals surface area contributed by atoms with Gasteiger partial charge in [0.1, 0.15) is 5.82 Å². The van der Waals surface area contributed by atoms with Crippen LogP contribution in [0.4, 0.5) is 5.69 Å². The summed E-state index contributed by atoms with van der Waals surface area (Å²) in [5.41, 5.74) is 6.65. The minimum Gasteiger partial charge on any atom is -0.351 e. The molecule has 166 valence electrons. The molecule has 5 rings (SSSR count). The van der Waals surface area contributed by atoms with Gasteiger partial charge >= 0.3 is 0 Å². The van der Waals surface area contributed by atoms with Crippen molar-refractivity contribution in [1.82, 2.24) is 19.9 Å². The van der Waals surface area contributed by atoms with Gasteiger partial charge in [-0.1, -0.05) is 22.0 Å². The number of benzene rings is 1. The van der Waals surface area contributed by atoms with Crippen molar-refractivity contribution >= 4 is 38.9 Å². The van der Waals surface area contributed by atoms with Gasteiger partial charge in [0.25, 0.3) is 0 Å². The van der Waals surface area contributed by atoms with Crippen molar-refractivity contribution in [2.24, 2.45) is 0 Å². The molecule has 1 aromatic carbocycles. The standard InChI is InChI=1S/C26H24BrN5S/c1-16-11-13-29-23(14-16)31-17(2)15-21(18(31)3)25-24(22-6-4-5-12-28-22)30-26(33)32(25)20-9-7-19(27)8-10-20/h4-15,24-25H,1-3H3,(H,30,33)/t24-,25+/m0/s1. The number of hydrogen-bond acceptors (Lipinski definition) is 3. The Hall–Kier alpha value is -3.03. The van der Waals surface area contributed by atoms with Gasteiger partial charge in [0.2, 0.25) is 0 Å². The molecule has 33 heavy (non-hydrogen) atoms. The molecule has 1 saturated heterocycles. The summed E-state index contributed by atoms with van der Waals surface area (Å²) in [7, 11) is 0. The molecule has 0 aliphatic carbocycles. The number of pyridine rings is 2. The Bertz CT molecular complexity index is 1320. The monoisotopic (exact) mass is 517 g/mol. The summed E-state index contributed by atoms with van der Waals surface area (Å²) in [4.78, 5) is 11.5. The fraction of sp³-hybridized carbons (Fsp3) is 0.192. The Morgan fingerprint density at radius 2 is 1.73 bits per heavy atom. The van der Waals surface area contributed by atoms with Crippen molar-refractivity contribution in [3.63, 3.8) is 0 Å². The fourth-order valence-electron chi connectivity index (χ4n) is 4.63. The molecule has 5 nitrogen and oxygen atoms in total. The summed E-state index contributed by atoms with van der Waals surface area (Å²) in [5.74, 6) is 0.925. The lowest BCUT2D eigenvalue weighted by atomic mass is 9.96. The van der Waals surface area contributed by atoms with Crippen molar-refractivity contribution in [3.05, 3.63) is 106 Å². The summed E-state index contributed by atoms with van der Waals surface area (Å²) in [5, 5.41) is 4.24. The van der Waals surface area contributed by atoms with Gasteiger partial charge in [0.15, 0.2) is 5.11 Å². The quantitative estimate of drug-likeness (QED) is 0.329. The third-order valence-electron chi connectivity index (χ3n) is 6.12. The molecule has 0 radical (unpaired) electrons. The Morgan fingerprint density at radius 1 is 0.939 bits per heavy atom. The highest BCUT2D eigenvalue weighted by Crippen LogP contribution is 2.43. The van der Waals surface area contributed by atoms with Crippen LogP contribution in [0.3, 0.4) is 0 Å². The van der Waals surface area contributed by atoms with Gasteiger partial charge in [-0.05, 0) is 98.7 Å². The number of nitrogens with zero attached hydrogens (tertiary/aromatic N) is 4. The van der Waals surface area contributed by atoms with Crippen LogP contribution in [0.2, 0.25) is 0 Å². The van der Waals surface area contributed by atoms with Crippen molar-refractivity contribution in [2.45, 2.75) is 32.9 Å². The van der Waals surface area contributed by atoms with Crippen molar-refractivity contribution in [3.8, 4) is 5.82 Å². The smallest absolute Gasteiger partial charge is 0.174 e. The molecule has 0 unspecified atom stereocenters. The van der Waals surface area contributed by atoms with E-state index in [1.54, 1.807) is 0 Å². The number of thiocarbonyl (C=S) groups is 1. The van der Waals surface area contributed by atoms with Crippen LogP contribution in [0.5, 0.6) is 0 Å². The lowest BCUT2D eigenvalue weighted by Gasteiger charge is -2.28. The van der Waals surface area contributed by atoms with Crippen molar-refractivity contribution in [1.29, 1.82) is 0 Å². The molecule has 0 spiro atoms. The summed E-state index contributed by atoms with van der Waals surface area (Å²) in [6.07, 6.45) is 3.69. The first-order valence-corrected chi connectivity index (χ1v) is 12.0. The molecule has 7 heteroatoms. The van der Waals surface area contributed by atoms with Gasteiger partial charge in [-0.3, -0.25) is 4.98 Å². The largest absolute Gasteiger partial charge is 0.351 e. The van der Waals surface area contributed by atoms with E-state index in [1.165, 1.54) is 11.1 Å². The molecule has 1 N–H and O–H groups in total. The molecule has 3 aromatic heterocycles. The highest BCUT2D eigenvalue weighted by atomic mass is 79.9. The van der Waals surface area contributed by atoms with E-state index in [1.807, 2.05) is 42.7 Å². The Labute approximate surface area is 207 Å². The van der Waals surface area contributed by atoms with Gasteiger partial charge in [-0.15, -0.1) is 0 Å². The summed E-state index contributed by atoms with van der Waals surface area (Å²) < 4.78 is 3.25. The first kappa shape index (κ1) is 21.8. The van der Waals surface area contributed by atoms with Gasteiger partial charge < -0.3 is 14.8 Å². The Morgan fingerprint density at radius 3 is 2.42 bits per heavy atom. The lowest BCUT2D eigenvalue weighted by molar-refractivity contribution is 0.565. The summed E-state index contributed by atoms with van der Waals surface area (Å²) in [6, 6.07) is 20.5. The number of hydrogen-bond donors (Lipinski definition) is 1. The van der Waals surface area contributed by atoms with Crippen molar-refractivity contribution < 1.29 is 0 Å². The van der Waals surface area contributed by atoms with E-state index in [-0.39, 0.29) is 12.1 Å². The number of nitrogens with one attached hydrogen (secondary N) is 1. The average Bonchev–Trinajstić information content (AvgIpc) is 3.30. The van der Waals surface area contributed by atoms with Crippen LogP contribution in [0.15, 0.2) is 77.5 Å². The van der Waals surface area contributed by atoms with Crippen LogP contribution in [-0.4, -0.2) is 19.6 Å². The second-order valence-corrected chi connectivity index (χ2v) is 9.63. The molecule has 0 saturated carbocycles. The number of halogens is 1. The number of anilines is 1. The molecule has 0 amide bonds. The second-order valence-electron chi connectivity index (χ2n) is 8.33. The fourth-order valence-corrected chi connectivity index (χ4v) is 5.24. The second kappa shape index (κ2) is 8.72. The predicted octanol–water partition coefficient (Wildman–Crippen LogP) is 6.13. The molecule has 4 aromatic rings. The Balaban J connectivity index is 1.68. The van der Waals surface area contributed by atoms with Gasteiger partial charge in [0, 0.05) is 33.9 Å². The minimum atomic E-state index is -0.0817. The van der Waals surface area contributed by atoms with Crippen LogP contribution in [0, 0.1) is 20.8 Å². The summed E-state index contributed by atoms with van der Waals surface area (Å²) in [6.45, 7) is 6.37. The molecule has 2 atom stereocenters. The van der Waals surface area contributed by atoms with E-state index in [2.05, 4.69) is 91.8 Å². The first-order chi connectivity index (χ1) is 15.9. The summed E-state index contributed by atoms with van der Waals surface area (Å²) >= 11 is 9.41. The molecular formula is C26H24BrN5S. The van der Waals surface area contributed by atoms with E-state index in [4.69, 9.17) is 12.2 Å². The van der Waals surface area contributed by atoms with Gasteiger partial charge in [0.05, 0.1) is 17.8 Å². The zero-order chi connectivity index (χ0) is 23.1. The normalized spacial score (nSPS) is 17.9.